The fraction of sp³-hybridized carbons (Fsp3) is 0.375. The molecule has 0 bridgehead atoms. The van der Waals surface area contributed by atoms with E-state index < -0.39 is 35.4 Å². The summed E-state index contributed by atoms with van der Waals surface area (Å²) >= 11 is 0. The van der Waals surface area contributed by atoms with Gasteiger partial charge in [0.2, 0.25) is 0 Å². The smallest absolute Gasteiger partial charge is 0.246 e. The third-order valence-corrected chi connectivity index (χ3v) is 1.68. The first kappa shape index (κ1) is 11.8. The summed E-state index contributed by atoms with van der Waals surface area (Å²) in [5.41, 5.74) is -3.49. The molecule has 0 fully saturated rings. The molecule has 1 nitrogen and oxygen atoms in total. The van der Waals surface area contributed by atoms with Crippen molar-refractivity contribution in [3.05, 3.63) is 28.8 Å². The molecule has 0 aliphatic rings. The molecule has 0 aliphatic heterocycles. The highest BCUT2D eigenvalue weighted by molar-refractivity contribution is 5.25. The number of rotatable bonds is 1. The molecule has 0 unspecified atom stereocenters. The van der Waals surface area contributed by atoms with Gasteiger partial charge in [-0.05, 0) is 13.0 Å². The van der Waals surface area contributed by atoms with Crippen molar-refractivity contribution < 1.29 is 26.3 Å². The topological polar surface area (TPSA) is 12.9 Å². The summed E-state index contributed by atoms with van der Waals surface area (Å²) in [5.74, 6) is -1.40. The highest BCUT2D eigenvalue weighted by Gasteiger charge is 2.34. The first-order valence-electron chi connectivity index (χ1n) is 3.76. The maximum atomic E-state index is 12.9. The standard InChI is InChI=1S/C8H5F6N/c1-3-6(9)4(7(10)11)2-5(15-3)8(12,13)14/h2,7H,1H3. The molecule has 15 heavy (non-hydrogen) atoms. The molecule has 0 spiro atoms. The van der Waals surface area contributed by atoms with E-state index in [0.717, 1.165) is 6.92 Å². The van der Waals surface area contributed by atoms with Crippen molar-refractivity contribution in [2.75, 3.05) is 0 Å². The molecule has 1 heterocycles. The quantitative estimate of drug-likeness (QED) is 0.671. The highest BCUT2D eigenvalue weighted by Crippen LogP contribution is 2.32. The van der Waals surface area contributed by atoms with E-state index in [-0.39, 0.29) is 6.07 Å². The molecule has 84 valence electrons. The summed E-state index contributed by atoms with van der Waals surface area (Å²) < 4.78 is 73.5. The fourth-order valence-electron chi connectivity index (χ4n) is 0.986. The lowest BCUT2D eigenvalue weighted by Crippen LogP contribution is -2.11. The average Bonchev–Trinajstić information content (AvgIpc) is 2.06. The van der Waals surface area contributed by atoms with Crippen LogP contribution in [0.25, 0.3) is 0 Å². The maximum absolute atomic E-state index is 12.9. The molecule has 1 aromatic heterocycles. The monoisotopic (exact) mass is 229 g/mol. The number of aryl methyl sites for hydroxylation is 1. The number of hydrogen-bond donors (Lipinski definition) is 0. The van der Waals surface area contributed by atoms with Crippen molar-refractivity contribution in [1.29, 1.82) is 0 Å². The van der Waals surface area contributed by atoms with Gasteiger partial charge in [0.25, 0.3) is 6.43 Å². The van der Waals surface area contributed by atoms with Gasteiger partial charge >= 0.3 is 6.18 Å². The summed E-state index contributed by atoms with van der Waals surface area (Å²) in [5, 5.41) is 0. The Labute approximate surface area is 80.7 Å². The minimum Gasteiger partial charge on any atom is -0.246 e. The second-order valence-electron chi connectivity index (χ2n) is 2.79. The first-order valence-corrected chi connectivity index (χ1v) is 3.76. The Hall–Kier alpha value is -1.27. The van der Waals surface area contributed by atoms with Crippen LogP contribution in [0.5, 0.6) is 0 Å². The Morgan fingerprint density at radius 1 is 1.27 bits per heavy atom. The molecule has 0 radical (unpaired) electrons. The predicted molar refractivity (Wildman–Crippen MR) is 38.9 cm³/mol. The summed E-state index contributed by atoms with van der Waals surface area (Å²) in [7, 11) is 0. The van der Waals surface area contributed by atoms with E-state index in [0.29, 0.717) is 0 Å². The van der Waals surface area contributed by atoms with E-state index in [4.69, 9.17) is 0 Å². The van der Waals surface area contributed by atoms with Crippen LogP contribution in [0.1, 0.15) is 23.4 Å². The number of pyridine rings is 1. The number of halogens is 6. The third-order valence-electron chi connectivity index (χ3n) is 1.68. The second kappa shape index (κ2) is 3.71. The summed E-state index contributed by atoms with van der Waals surface area (Å²) in [6, 6.07) is 0.0208. The van der Waals surface area contributed by atoms with Crippen LogP contribution in [0.3, 0.4) is 0 Å². The van der Waals surface area contributed by atoms with Crippen LogP contribution in [0.15, 0.2) is 6.07 Å². The zero-order chi connectivity index (χ0) is 11.8. The van der Waals surface area contributed by atoms with Crippen molar-refractivity contribution in [3.63, 3.8) is 0 Å². The van der Waals surface area contributed by atoms with E-state index >= 15 is 0 Å². The van der Waals surface area contributed by atoms with Crippen LogP contribution in [-0.4, -0.2) is 4.98 Å². The van der Waals surface area contributed by atoms with Crippen molar-refractivity contribution in [2.24, 2.45) is 0 Å². The van der Waals surface area contributed by atoms with Crippen LogP contribution < -0.4 is 0 Å². The van der Waals surface area contributed by atoms with Gasteiger partial charge in [0.15, 0.2) is 5.82 Å². The summed E-state index contributed by atoms with van der Waals surface area (Å²) in [6.45, 7) is 0.899. The number of alkyl halides is 5. The molecule has 0 saturated carbocycles. The fourth-order valence-corrected chi connectivity index (χ4v) is 0.986. The predicted octanol–water partition coefficient (Wildman–Crippen LogP) is 3.49. The molecule has 0 amide bonds. The molecule has 1 rings (SSSR count). The van der Waals surface area contributed by atoms with Gasteiger partial charge in [-0.2, -0.15) is 13.2 Å². The van der Waals surface area contributed by atoms with E-state index in [1.807, 2.05) is 0 Å². The van der Waals surface area contributed by atoms with Gasteiger partial charge in [-0.15, -0.1) is 0 Å². The van der Waals surface area contributed by atoms with Crippen LogP contribution in [0, 0.1) is 12.7 Å². The molecule has 0 saturated heterocycles. The molecule has 0 N–H and O–H groups in total. The molecular weight excluding hydrogens is 224 g/mol. The lowest BCUT2D eigenvalue weighted by molar-refractivity contribution is -0.141. The van der Waals surface area contributed by atoms with Crippen molar-refractivity contribution in [3.8, 4) is 0 Å². The van der Waals surface area contributed by atoms with Gasteiger partial charge in [-0.3, -0.25) is 0 Å². The molecule has 0 atom stereocenters. The number of nitrogens with zero attached hydrogens (tertiary/aromatic N) is 1. The van der Waals surface area contributed by atoms with E-state index in [9.17, 15) is 26.3 Å². The third kappa shape index (κ3) is 2.40. The molecule has 7 heteroatoms. The van der Waals surface area contributed by atoms with Crippen LogP contribution >= 0.6 is 0 Å². The highest BCUT2D eigenvalue weighted by atomic mass is 19.4. The average molecular weight is 229 g/mol. The SMILES string of the molecule is Cc1nc(C(F)(F)F)cc(C(F)F)c1F. The van der Waals surface area contributed by atoms with Gasteiger partial charge in [0.05, 0.1) is 11.3 Å². The minimum atomic E-state index is -4.86. The van der Waals surface area contributed by atoms with E-state index in [1.165, 1.54) is 0 Å². The zero-order valence-electron chi connectivity index (χ0n) is 7.37. The maximum Gasteiger partial charge on any atom is 0.433 e. The number of aromatic nitrogens is 1. The molecular formula is C8H5F6N. The number of hydrogen-bond acceptors (Lipinski definition) is 1. The van der Waals surface area contributed by atoms with E-state index in [1.54, 1.807) is 0 Å². The summed E-state index contributed by atoms with van der Waals surface area (Å²) in [6.07, 6.45) is -8.16. The first-order chi connectivity index (χ1) is 6.73. The van der Waals surface area contributed by atoms with Crippen molar-refractivity contribution in [2.45, 2.75) is 19.5 Å². The van der Waals surface area contributed by atoms with Gasteiger partial charge < -0.3 is 0 Å². The Morgan fingerprint density at radius 3 is 2.20 bits per heavy atom. The normalized spacial score (nSPS) is 12.3. The Morgan fingerprint density at radius 2 is 1.80 bits per heavy atom. The zero-order valence-corrected chi connectivity index (χ0v) is 7.37. The van der Waals surface area contributed by atoms with Crippen LogP contribution in [-0.2, 0) is 6.18 Å². The van der Waals surface area contributed by atoms with Gasteiger partial charge in [-0.25, -0.2) is 18.2 Å². The summed E-state index contributed by atoms with van der Waals surface area (Å²) in [4.78, 5) is 2.85. The van der Waals surface area contributed by atoms with Crippen LogP contribution in [0.2, 0.25) is 0 Å². The van der Waals surface area contributed by atoms with Crippen molar-refractivity contribution in [1.82, 2.24) is 4.98 Å². The Balaban J connectivity index is 3.36. The largest absolute Gasteiger partial charge is 0.433 e. The minimum absolute atomic E-state index is 0.0208. The molecule has 0 aromatic carbocycles. The lowest BCUT2D eigenvalue weighted by atomic mass is 10.2. The van der Waals surface area contributed by atoms with Gasteiger partial charge in [0, 0.05) is 0 Å². The molecule has 0 aliphatic carbocycles. The lowest BCUT2D eigenvalue weighted by Gasteiger charge is -2.10. The Kier molecular flexibility index (Phi) is 2.92. The van der Waals surface area contributed by atoms with E-state index in [2.05, 4.69) is 4.98 Å². The van der Waals surface area contributed by atoms with Crippen LogP contribution in [0.4, 0.5) is 26.3 Å². The van der Waals surface area contributed by atoms with Crippen molar-refractivity contribution >= 4 is 0 Å². The Bertz CT molecular complexity index is 370. The second-order valence-corrected chi connectivity index (χ2v) is 2.79. The van der Waals surface area contributed by atoms with Gasteiger partial charge in [0.1, 0.15) is 5.69 Å². The molecule has 1 aromatic rings. The van der Waals surface area contributed by atoms with Gasteiger partial charge in [-0.1, -0.05) is 0 Å².